The minimum absolute atomic E-state index is 0.0349. The van der Waals surface area contributed by atoms with Gasteiger partial charge in [0.2, 0.25) is 5.91 Å². The average Bonchev–Trinajstić information content (AvgIpc) is 2.97. The van der Waals surface area contributed by atoms with Crippen molar-refractivity contribution < 1.29 is 19.4 Å². The van der Waals surface area contributed by atoms with E-state index in [9.17, 15) is 14.7 Å². The molecule has 0 unspecified atom stereocenters. The lowest BCUT2D eigenvalue weighted by Crippen LogP contribution is -2.34. The van der Waals surface area contributed by atoms with Crippen LogP contribution in [0.3, 0.4) is 0 Å². The first kappa shape index (κ1) is 14.5. The largest absolute Gasteiger partial charge is 0.481 e. The summed E-state index contributed by atoms with van der Waals surface area (Å²) in [6.07, 6.45) is 1.20. The number of carbonyl (C=O) groups excluding carboxylic acids is 1. The number of ether oxygens (including phenoxy) is 1. The lowest BCUT2D eigenvalue weighted by Gasteiger charge is -2.18. The van der Waals surface area contributed by atoms with E-state index in [4.69, 9.17) is 4.74 Å². The lowest BCUT2D eigenvalue weighted by molar-refractivity contribution is -0.148. The van der Waals surface area contributed by atoms with Crippen molar-refractivity contribution >= 4 is 11.9 Å². The Morgan fingerprint density at radius 3 is 2.70 bits per heavy atom. The average molecular weight is 277 g/mol. The molecule has 0 radical (unpaired) electrons. The van der Waals surface area contributed by atoms with Crippen molar-refractivity contribution in [2.75, 3.05) is 6.61 Å². The molecule has 2 atom stereocenters. The molecule has 1 fully saturated rings. The van der Waals surface area contributed by atoms with Crippen molar-refractivity contribution in [3.8, 4) is 0 Å². The number of carboxylic acids is 1. The van der Waals surface area contributed by atoms with Crippen LogP contribution in [-0.4, -0.2) is 29.7 Å². The van der Waals surface area contributed by atoms with Crippen LogP contribution < -0.4 is 5.32 Å². The zero-order valence-electron chi connectivity index (χ0n) is 11.2. The number of hydrogen-bond acceptors (Lipinski definition) is 3. The number of carboxylic acid groups (broad SMARTS) is 1. The smallest absolute Gasteiger partial charge is 0.309 e. The molecule has 5 nitrogen and oxygen atoms in total. The van der Waals surface area contributed by atoms with Gasteiger partial charge in [0.25, 0.3) is 0 Å². The van der Waals surface area contributed by atoms with Crippen LogP contribution in [0, 0.1) is 5.92 Å². The van der Waals surface area contributed by atoms with Crippen LogP contribution in [0.25, 0.3) is 0 Å². The summed E-state index contributed by atoms with van der Waals surface area (Å²) in [7, 11) is 0. The summed E-state index contributed by atoms with van der Waals surface area (Å²) in [5.74, 6) is -1.98. The minimum Gasteiger partial charge on any atom is -0.481 e. The molecule has 1 aliphatic heterocycles. The van der Waals surface area contributed by atoms with E-state index in [1.165, 1.54) is 0 Å². The Labute approximate surface area is 117 Å². The Bertz CT molecular complexity index is 454. The van der Waals surface area contributed by atoms with E-state index in [-0.39, 0.29) is 18.4 Å². The molecule has 2 rings (SSSR count). The van der Waals surface area contributed by atoms with Crippen LogP contribution in [0.5, 0.6) is 0 Å². The van der Waals surface area contributed by atoms with Crippen LogP contribution in [0.1, 0.15) is 24.8 Å². The van der Waals surface area contributed by atoms with Gasteiger partial charge < -0.3 is 15.2 Å². The molecular weight excluding hydrogens is 258 g/mol. The Morgan fingerprint density at radius 2 is 2.10 bits per heavy atom. The quantitative estimate of drug-likeness (QED) is 0.827. The molecule has 5 heteroatoms. The third-order valence-electron chi connectivity index (χ3n) is 3.47. The van der Waals surface area contributed by atoms with Gasteiger partial charge in [0.15, 0.2) is 0 Å². The van der Waals surface area contributed by atoms with Gasteiger partial charge in [0, 0.05) is 19.6 Å². The fraction of sp³-hybridized carbons (Fsp3) is 0.467. The van der Waals surface area contributed by atoms with Crippen molar-refractivity contribution in [1.29, 1.82) is 0 Å². The van der Waals surface area contributed by atoms with Crippen LogP contribution in [-0.2, 0) is 20.9 Å². The Morgan fingerprint density at radius 1 is 1.35 bits per heavy atom. The topological polar surface area (TPSA) is 75.6 Å². The van der Waals surface area contributed by atoms with Gasteiger partial charge in [-0.25, -0.2) is 0 Å². The van der Waals surface area contributed by atoms with Crippen LogP contribution in [0.15, 0.2) is 30.3 Å². The molecule has 1 aromatic carbocycles. The zero-order valence-corrected chi connectivity index (χ0v) is 11.2. The molecule has 1 aromatic rings. The van der Waals surface area contributed by atoms with Crippen LogP contribution in [0.2, 0.25) is 0 Å². The minimum atomic E-state index is -0.966. The molecule has 0 bridgehead atoms. The molecule has 0 spiro atoms. The molecule has 1 saturated heterocycles. The highest BCUT2D eigenvalue weighted by Crippen LogP contribution is 2.23. The first-order valence-electron chi connectivity index (χ1n) is 6.82. The molecule has 0 saturated carbocycles. The van der Waals surface area contributed by atoms with Crippen molar-refractivity contribution in [1.82, 2.24) is 5.32 Å². The maximum atomic E-state index is 11.9. The van der Waals surface area contributed by atoms with E-state index in [0.29, 0.717) is 19.6 Å². The number of rotatable bonds is 6. The van der Waals surface area contributed by atoms with Gasteiger partial charge in [-0.15, -0.1) is 0 Å². The normalized spacial score (nSPS) is 19.5. The predicted molar refractivity (Wildman–Crippen MR) is 73.0 cm³/mol. The highest BCUT2D eigenvalue weighted by molar-refractivity contribution is 5.82. The summed E-state index contributed by atoms with van der Waals surface area (Å²) >= 11 is 0. The monoisotopic (exact) mass is 277 g/mol. The number of amides is 1. The summed E-state index contributed by atoms with van der Waals surface area (Å²) in [5, 5.41) is 12.0. The number of benzene rings is 1. The van der Waals surface area contributed by atoms with E-state index in [2.05, 4.69) is 5.32 Å². The molecule has 1 aliphatic rings. The van der Waals surface area contributed by atoms with Gasteiger partial charge in [-0.1, -0.05) is 30.3 Å². The summed E-state index contributed by atoms with van der Waals surface area (Å²) in [5.41, 5.74) is 0.991. The second-order valence-corrected chi connectivity index (χ2v) is 4.96. The van der Waals surface area contributed by atoms with Gasteiger partial charge >= 0.3 is 5.97 Å². The van der Waals surface area contributed by atoms with Crippen molar-refractivity contribution in [3.63, 3.8) is 0 Å². The van der Waals surface area contributed by atoms with Crippen molar-refractivity contribution in [2.24, 2.45) is 5.92 Å². The SMILES string of the molecule is O=C(C[C@H](C(=O)O)[C@@H]1CCCO1)NCc1ccccc1. The summed E-state index contributed by atoms with van der Waals surface area (Å²) < 4.78 is 5.38. The Balaban J connectivity index is 1.84. The van der Waals surface area contributed by atoms with Gasteiger partial charge in [-0.2, -0.15) is 0 Å². The molecule has 108 valence electrons. The second kappa shape index (κ2) is 7.05. The third kappa shape index (κ3) is 4.06. The Hall–Kier alpha value is -1.88. The third-order valence-corrected chi connectivity index (χ3v) is 3.47. The van der Waals surface area contributed by atoms with Gasteiger partial charge in [-0.05, 0) is 18.4 Å². The molecule has 20 heavy (non-hydrogen) atoms. The molecule has 1 amide bonds. The Kier molecular flexibility index (Phi) is 5.12. The van der Waals surface area contributed by atoms with E-state index < -0.39 is 11.9 Å². The van der Waals surface area contributed by atoms with Gasteiger partial charge in [0.05, 0.1) is 12.0 Å². The highest BCUT2D eigenvalue weighted by Gasteiger charge is 2.33. The van der Waals surface area contributed by atoms with E-state index in [1.807, 2.05) is 30.3 Å². The fourth-order valence-corrected chi connectivity index (χ4v) is 2.37. The number of carbonyl (C=O) groups is 2. The van der Waals surface area contributed by atoms with Crippen LogP contribution >= 0.6 is 0 Å². The molecular formula is C15H19NO4. The first-order chi connectivity index (χ1) is 9.66. The maximum Gasteiger partial charge on any atom is 0.309 e. The molecule has 1 heterocycles. The summed E-state index contributed by atoms with van der Waals surface area (Å²) in [6.45, 7) is 0.998. The lowest BCUT2D eigenvalue weighted by atomic mass is 9.96. The van der Waals surface area contributed by atoms with Crippen molar-refractivity contribution in [3.05, 3.63) is 35.9 Å². The molecule has 0 aliphatic carbocycles. The standard InChI is InChI=1S/C15H19NO4/c17-14(16-10-11-5-2-1-3-6-11)9-12(15(18)19)13-7-4-8-20-13/h1-3,5-6,12-13H,4,7-10H2,(H,16,17)(H,18,19)/t12-,13-/m0/s1. The van der Waals surface area contributed by atoms with E-state index in [0.717, 1.165) is 12.0 Å². The van der Waals surface area contributed by atoms with E-state index >= 15 is 0 Å². The maximum absolute atomic E-state index is 11.9. The summed E-state index contributed by atoms with van der Waals surface area (Å²) in [6, 6.07) is 9.52. The van der Waals surface area contributed by atoms with E-state index in [1.54, 1.807) is 0 Å². The second-order valence-electron chi connectivity index (χ2n) is 4.96. The van der Waals surface area contributed by atoms with Gasteiger partial charge in [-0.3, -0.25) is 9.59 Å². The number of aliphatic carboxylic acids is 1. The molecule has 0 aromatic heterocycles. The number of hydrogen-bond donors (Lipinski definition) is 2. The predicted octanol–water partition coefficient (Wildman–Crippen LogP) is 1.57. The highest BCUT2D eigenvalue weighted by atomic mass is 16.5. The van der Waals surface area contributed by atoms with Gasteiger partial charge in [0.1, 0.15) is 0 Å². The number of nitrogens with one attached hydrogen (secondary N) is 1. The van der Waals surface area contributed by atoms with Crippen LogP contribution in [0.4, 0.5) is 0 Å². The molecule has 2 N–H and O–H groups in total. The zero-order chi connectivity index (χ0) is 14.4. The van der Waals surface area contributed by atoms with Crippen molar-refractivity contribution in [2.45, 2.75) is 31.9 Å². The fourth-order valence-electron chi connectivity index (χ4n) is 2.37. The summed E-state index contributed by atoms with van der Waals surface area (Å²) in [4.78, 5) is 23.1. The first-order valence-corrected chi connectivity index (χ1v) is 6.82.